The van der Waals surface area contributed by atoms with E-state index in [-0.39, 0.29) is 11.8 Å². The molecule has 2 saturated heterocycles. The SMILES string of the molecule is CC1CCCN(C(=O)CCN2CCNC(=O)C2)C1. The fourth-order valence-electron chi connectivity index (χ4n) is 2.71. The Morgan fingerprint density at radius 2 is 2.28 bits per heavy atom. The summed E-state index contributed by atoms with van der Waals surface area (Å²) in [6.07, 6.45) is 2.90. The number of hydrogen-bond donors (Lipinski definition) is 1. The molecule has 0 bridgehead atoms. The van der Waals surface area contributed by atoms with Crippen LogP contribution in [-0.2, 0) is 9.59 Å². The Bertz CT molecular complexity index is 319. The summed E-state index contributed by atoms with van der Waals surface area (Å²) in [6, 6.07) is 0. The number of piperazine rings is 1. The van der Waals surface area contributed by atoms with Crippen molar-refractivity contribution in [2.45, 2.75) is 26.2 Å². The lowest BCUT2D eigenvalue weighted by atomic mass is 10.00. The van der Waals surface area contributed by atoms with Crippen LogP contribution in [-0.4, -0.2) is 60.9 Å². The van der Waals surface area contributed by atoms with Crippen molar-refractivity contribution in [3.63, 3.8) is 0 Å². The number of carbonyl (C=O) groups is 2. The first-order valence-corrected chi connectivity index (χ1v) is 6.92. The highest BCUT2D eigenvalue weighted by Crippen LogP contribution is 2.16. The number of amides is 2. The van der Waals surface area contributed by atoms with Crippen LogP contribution < -0.4 is 5.32 Å². The first kappa shape index (κ1) is 13.3. The highest BCUT2D eigenvalue weighted by Gasteiger charge is 2.22. The van der Waals surface area contributed by atoms with E-state index >= 15 is 0 Å². The molecular formula is C13H23N3O2. The number of likely N-dealkylation sites (tertiary alicyclic amines) is 1. The minimum atomic E-state index is 0.0697. The van der Waals surface area contributed by atoms with E-state index in [1.807, 2.05) is 4.90 Å². The number of carbonyl (C=O) groups excluding carboxylic acids is 2. The van der Waals surface area contributed by atoms with Crippen LogP contribution in [0.3, 0.4) is 0 Å². The van der Waals surface area contributed by atoms with Crippen molar-refractivity contribution >= 4 is 11.8 Å². The molecule has 2 amide bonds. The molecule has 2 aliphatic heterocycles. The molecule has 1 unspecified atom stereocenters. The third-order valence-electron chi connectivity index (χ3n) is 3.77. The van der Waals surface area contributed by atoms with Gasteiger partial charge in [0.15, 0.2) is 0 Å². The van der Waals surface area contributed by atoms with Crippen molar-refractivity contribution in [1.29, 1.82) is 0 Å². The highest BCUT2D eigenvalue weighted by atomic mass is 16.2. The molecule has 1 N–H and O–H groups in total. The van der Waals surface area contributed by atoms with Crippen molar-refractivity contribution in [3.05, 3.63) is 0 Å². The van der Waals surface area contributed by atoms with Crippen LogP contribution in [0.15, 0.2) is 0 Å². The molecule has 0 radical (unpaired) electrons. The molecule has 0 aromatic carbocycles. The summed E-state index contributed by atoms with van der Waals surface area (Å²) in [5, 5.41) is 2.79. The lowest BCUT2D eigenvalue weighted by molar-refractivity contribution is -0.134. The summed E-state index contributed by atoms with van der Waals surface area (Å²) in [6.45, 7) is 6.71. The summed E-state index contributed by atoms with van der Waals surface area (Å²) in [7, 11) is 0. The van der Waals surface area contributed by atoms with Crippen molar-refractivity contribution in [2.24, 2.45) is 5.92 Å². The second kappa shape index (κ2) is 6.18. The zero-order chi connectivity index (χ0) is 13.0. The second-order valence-corrected chi connectivity index (χ2v) is 5.46. The van der Waals surface area contributed by atoms with Crippen LogP contribution >= 0.6 is 0 Å². The van der Waals surface area contributed by atoms with Crippen LogP contribution in [0.1, 0.15) is 26.2 Å². The fourth-order valence-corrected chi connectivity index (χ4v) is 2.71. The molecule has 18 heavy (non-hydrogen) atoms. The maximum Gasteiger partial charge on any atom is 0.234 e. The molecule has 0 aromatic rings. The predicted molar refractivity (Wildman–Crippen MR) is 69.0 cm³/mol. The number of hydrogen-bond acceptors (Lipinski definition) is 3. The largest absolute Gasteiger partial charge is 0.354 e. The molecule has 0 aromatic heterocycles. The van der Waals surface area contributed by atoms with E-state index in [0.717, 1.165) is 26.1 Å². The van der Waals surface area contributed by atoms with E-state index in [1.165, 1.54) is 6.42 Å². The molecule has 5 nitrogen and oxygen atoms in total. The number of piperidine rings is 1. The zero-order valence-electron chi connectivity index (χ0n) is 11.2. The standard InChI is InChI=1S/C13H23N3O2/c1-11-3-2-6-16(9-11)13(18)4-7-15-8-5-14-12(17)10-15/h11H,2-10H2,1H3,(H,14,17). The Labute approximate surface area is 108 Å². The smallest absolute Gasteiger partial charge is 0.234 e. The lowest BCUT2D eigenvalue weighted by Gasteiger charge is -2.32. The van der Waals surface area contributed by atoms with Crippen molar-refractivity contribution in [1.82, 2.24) is 15.1 Å². The normalized spacial score (nSPS) is 25.9. The molecule has 2 fully saturated rings. The van der Waals surface area contributed by atoms with E-state index in [4.69, 9.17) is 0 Å². The molecule has 2 rings (SSSR count). The molecule has 0 saturated carbocycles. The molecule has 0 spiro atoms. The Kier molecular flexibility index (Phi) is 4.58. The van der Waals surface area contributed by atoms with E-state index in [2.05, 4.69) is 17.1 Å². The number of nitrogens with zero attached hydrogens (tertiary/aromatic N) is 2. The Morgan fingerprint density at radius 1 is 1.44 bits per heavy atom. The van der Waals surface area contributed by atoms with Gasteiger partial charge in [0.05, 0.1) is 6.54 Å². The Hall–Kier alpha value is -1.10. The summed E-state index contributed by atoms with van der Waals surface area (Å²) in [4.78, 5) is 27.3. The maximum absolute atomic E-state index is 12.1. The van der Waals surface area contributed by atoms with Gasteiger partial charge in [-0.1, -0.05) is 6.92 Å². The first-order valence-electron chi connectivity index (χ1n) is 6.92. The van der Waals surface area contributed by atoms with Gasteiger partial charge in [0, 0.05) is 39.1 Å². The third-order valence-corrected chi connectivity index (χ3v) is 3.77. The van der Waals surface area contributed by atoms with Gasteiger partial charge >= 0.3 is 0 Å². The fraction of sp³-hybridized carbons (Fsp3) is 0.846. The molecule has 1 atom stereocenters. The minimum Gasteiger partial charge on any atom is -0.354 e. The van der Waals surface area contributed by atoms with Crippen LogP contribution in [0.2, 0.25) is 0 Å². The maximum atomic E-state index is 12.1. The monoisotopic (exact) mass is 253 g/mol. The van der Waals surface area contributed by atoms with Gasteiger partial charge in [-0.3, -0.25) is 14.5 Å². The zero-order valence-corrected chi connectivity index (χ0v) is 11.2. The molecule has 5 heteroatoms. The molecular weight excluding hydrogens is 230 g/mol. The van der Waals surface area contributed by atoms with Crippen LogP contribution in [0.5, 0.6) is 0 Å². The van der Waals surface area contributed by atoms with Gasteiger partial charge in [-0.25, -0.2) is 0 Å². The van der Waals surface area contributed by atoms with Gasteiger partial charge in [-0.15, -0.1) is 0 Å². The van der Waals surface area contributed by atoms with Crippen LogP contribution in [0.4, 0.5) is 0 Å². The summed E-state index contributed by atoms with van der Waals surface area (Å²) >= 11 is 0. The first-order chi connectivity index (χ1) is 8.65. The van der Waals surface area contributed by atoms with Gasteiger partial charge in [0.1, 0.15) is 0 Å². The topological polar surface area (TPSA) is 52.7 Å². The highest BCUT2D eigenvalue weighted by molar-refractivity contribution is 5.79. The van der Waals surface area contributed by atoms with Gasteiger partial charge in [0.2, 0.25) is 11.8 Å². The molecule has 102 valence electrons. The number of rotatable bonds is 3. The second-order valence-electron chi connectivity index (χ2n) is 5.46. The predicted octanol–water partition coefficient (Wildman–Crippen LogP) is 0.0668. The molecule has 2 heterocycles. The van der Waals surface area contributed by atoms with Crippen LogP contribution in [0, 0.1) is 5.92 Å². The van der Waals surface area contributed by atoms with Crippen molar-refractivity contribution < 1.29 is 9.59 Å². The Morgan fingerprint density at radius 3 is 3.00 bits per heavy atom. The van der Waals surface area contributed by atoms with Gasteiger partial charge < -0.3 is 10.2 Å². The molecule has 2 aliphatic rings. The lowest BCUT2D eigenvalue weighted by Crippen LogP contribution is -2.48. The summed E-state index contributed by atoms with van der Waals surface area (Å²) in [5.41, 5.74) is 0. The Balaban J connectivity index is 1.72. The van der Waals surface area contributed by atoms with Gasteiger partial charge in [0.25, 0.3) is 0 Å². The van der Waals surface area contributed by atoms with E-state index < -0.39 is 0 Å². The van der Waals surface area contributed by atoms with Crippen molar-refractivity contribution in [3.8, 4) is 0 Å². The quantitative estimate of drug-likeness (QED) is 0.774. The average molecular weight is 253 g/mol. The van der Waals surface area contributed by atoms with Gasteiger partial charge in [-0.2, -0.15) is 0 Å². The average Bonchev–Trinajstić information content (AvgIpc) is 2.36. The summed E-state index contributed by atoms with van der Waals surface area (Å²) < 4.78 is 0. The van der Waals surface area contributed by atoms with E-state index in [0.29, 0.717) is 32.0 Å². The molecule has 0 aliphatic carbocycles. The van der Waals surface area contributed by atoms with Crippen LogP contribution in [0.25, 0.3) is 0 Å². The van der Waals surface area contributed by atoms with E-state index in [9.17, 15) is 9.59 Å². The van der Waals surface area contributed by atoms with Gasteiger partial charge in [-0.05, 0) is 18.8 Å². The minimum absolute atomic E-state index is 0.0697. The third kappa shape index (κ3) is 3.70. The summed E-state index contributed by atoms with van der Waals surface area (Å²) in [5.74, 6) is 0.941. The van der Waals surface area contributed by atoms with E-state index in [1.54, 1.807) is 0 Å². The number of nitrogens with one attached hydrogen (secondary N) is 1. The van der Waals surface area contributed by atoms with Crippen molar-refractivity contribution in [2.75, 3.05) is 39.3 Å².